The zero-order valence-corrected chi connectivity index (χ0v) is 25.5. The average Bonchev–Trinajstić information content (AvgIpc) is 3.22. The molecule has 1 unspecified atom stereocenters. The second kappa shape index (κ2) is 11.8. The Bertz CT molecular complexity index is 1440. The molecule has 6 nitrogen and oxygen atoms in total. The van der Waals surface area contributed by atoms with E-state index in [9.17, 15) is 14.7 Å². The van der Waals surface area contributed by atoms with Crippen molar-refractivity contribution in [1.29, 1.82) is 0 Å². The number of ether oxygens (including phenoxy) is 1. The van der Waals surface area contributed by atoms with Gasteiger partial charge < -0.3 is 14.7 Å². The van der Waals surface area contributed by atoms with Gasteiger partial charge in [-0.1, -0.05) is 58.9 Å². The third kappa shape index (κ3) is 5.74. The molecule has 0 aromatic heterocycles. The average molecular weight is 555 g/mol. The minimum absolute atomic E-state index is 0.0727. The molecule has 1 heterocycles. The number of ketones is 1. The van der Waals surface area contributed by atoms with E-state index in [1.54, 1.807) is 19.2 Å². The van der Waals surface area contributed by atoms with Gasteiger partial charge in [-0.25, -0.2) is 0 Å². The molecule has 6 heteroatoms. The molecular weight excluding hydrogens is 512 g/mol. The number of carbonyl (C=O) groups is 2. The van der Waals surface area contributed by atoms with E-state index < -0.39 is 17.7 Å². The van der Waals surface area contributed by atoms with E-state index in [1.807, 2.05) is 54.6 Å². The Balaban J connectivity index is 1.92. The zero-order valence-electron chi connectivity index (χ0n) is 25.5. The second-order valence-corrected chi connectivity index (χ2v) is 11.8. The van der Waals surface area contributed by atoms with E-state index in [2.05, 4.69) is 53.4 Å². The molecule has 3 aromatic rings. The van der Waals surface area contributed by atoms with E-state index in [0.717, 1.165) is 35.5 Å². The minimum atomic E-state index is -0.786. The largest absolute Gasteiger partial charge is 0.507 e. The number of aliphatic hydroxyl groups excluding tert-OH is 1. The Hall–Kier alpha value is -4.06. The lowest BCUT2D eigenvalue weighted by Gasteiger charge is -2.27. The minimum Gasteiger partial charge on any atom is -0.507 e. The van der Waals surface area contributed by atoms with Gasteiger partial charge in [0.25, 0.3) is 11.7 Å². The van der Waals surface area contributed by atoms with Crippen LogP contribution in [-0.4, -0.2) is 37.0 Å². The Morgan fingerprint density at radius 1 is 0.951 bits per heavy atom. The third-order valence-electron chi connectivity index (χ3n) is 7.90. The van der Waals surface area contributed by atoms with Crippen LogP contribution in [0.15, 0.2) is 72.3 Å². The van der Waals surface area contributed by atoms with Crippen LogP contribution in [0.5, 0.6) is 5.75 Å². The number of hydrogen-bond acceptors (Lipinski definition) is 5. The van der Waals surface area contributed by atoms with Crippen molar-refractivity contribution in [2.24, 2.45) is 0 Å². The van der Waals surface area contributed by atoms with Gasteiger partial charge in [-0.15, -0.1) is 0 Å². The maximum Gasteiger partial charge on any atom is 0.300 e. The number of aliphatic hydroxyl groups is 1. The maximum absolute atomic E-state index is 13.7. The zero-order chi connectivity index (χ0) is 30.1. The summed E-state index contributed by atoms with van der Waals surface area (Å²) in [4.78, 5) is 31.1. The van der Waals surface area contributed by atoms with Gasteiger partial charge in [0.1, 0.15) is 11.5 Å². The van der Waals surface area contributed by atoms with Crippen LogP contribution in [0.3, 0.4) is 0 Å². The first-order chi connectivity index (χ1) is 19.4. The molecule has 216 valence electrons. The first-order valence-electron chi connectivity index (χ1n) is 14.4. The summed E-state index contributed by atoms with van der Waals surface area (Å²) in [7, 11) is 1.61. The molecule has 1 saturated heterocycles. The van der Waals surface area contributed by atoms with E-state index >= 15 is 0 Å². The van der Waals surface area contributed by atoms with Gasteiger partial charge in [-0.2, -0.15) is 0 Å². The molecule has 1 aliphatic heterocycles. The summed E-state index contributed by atoms with van der Waals surface area (Å²) < 4.78 is 5.58. The van der Waals surface area contributed by atoms with Crippen LogP contribution in [0, 0.1) is 0 Å². The number of carbonyl (C=O) groups excluding carboxylic acids is 2. The molecule has 3 aromatic carbocycles. The number of nitrogens with zero attached hydrogens (tertiary/aromatic N) is 2. The van der Waals surface area contributed by atoms with Crippen molar-refractivity contribution in [3.05, 3.63) is 94.6 Å². The van der Waals surface area contributed by atoms with Crippen LogP contribution in [0.25, 0.3) is 5.76 Å². The fraction of sp³-hybridized carbons (Fsp3) is 0.371. The number of methoxy groups -OCH3 is 1. The van der Waals surface area contributed by atoms with Crippen molar-refractivity contribution in [3.8, 4) is 5.75 Å². The van der Waals surface area contributed by atoms with Gasteiger partial charge in [0.15, 0.2) is 0 Å². The summed E-state index contributed by atoms with van der Waals surface area (Å²) in [6.07, 6.45) is 0. The van der Waals surface area contributed by atoms with Gasteiger partial charge in [0, 0.05) is 35.6 Å². The smallest absolute Gasteiger partial charge is 0.300 e. The number of rotatable bonds is 8. The Labute approximate surface area is 244 Å². The number of Topliss-reactive ketones (excluding diaryl/α,β-unsaturated/α-hetero) is 1. The number of benzene rings is 3. The molecule has 0 bridgehead atoms. The first kappa shape index (κ1) is 29.9. The van der Waals surface area contributed by atoms with Gasteiger partial charge in [0.05, 0.1) is 18.7 Å². The second-order valence-electron chi connectivity index (χ2n) is 11.8. The monoisotopic (exact) mass is 554 g/mol. The van der Waals surface area contributed by atoms with Gasteiger partial charge in [-0.3, -0.25) is 14.5 Å². The summed E-state index contributed by atoms with van der Waals surface area (Å²) in [5, 5.41) is 11.7. The number of amides is 1. The molecule has 41 heavy (non-hydrogen) atoms. The summed E-state index contributed by atoms with van der Waals surface area (Å²) in [5.74, 6) is -0.540. The predicted octanol–water partition coefficient (Wildman–Crippen LogP) is 7.59. The maximum atomic E-state index is 13.7. The van der Waals surface area contributed by atoms with Crippen molar-refractivity contribution < 1.29 is 19.4 Å². The Morgan fingerprint density at radius 2 is 1.56 bits per heavy atom. The SMILES string of the molecule is CCN(CC)c1ccc(C2/C(=C(/O)c3ccc(OC)c(C(C)(C)C)c3)C(=O)C(=O)N2c2ccc(C(C)C)cc2)cc1. The van der Waals surface area contributed by atoms with Crippen LogP contribution in [0.1, 0.15) is 82.7 Å². The van der Waals surface area contributed by atoms with Crippen molar-refractivity contribution in [1.82, 2.24) is 0 Å². The lowest BCUT2D eigenvalue weighted by atomic mass is 9.84. The van der Waals surface area contributed by atoms with E-state index in [-0.39, 0.29) is 16.7 Å². The third-order valence-corrected chi connectivity index (χ3v) is 7.90. The highest BCUT2D eigenvalue weighted by Gasteiger charge is 2.47. The quantitative estimate of drug-likeness (QED) is 0.176. The van der Waals surface area contributed by atoms with E-state index in [4.69, 9.17) is 4.74 Å². The van der Waals surface area contributed by atoms with Crippen molar-refractivity contribution in [2.45, 2.75) is 65.8 Å². The molecule has 1 fully saturated rings. The highest BCUT2D eigenvalue weighted by Crippen LogP contribution is 2.43. The summed E-state index contributed by atoms with van der Waals surface area (Å²) >= 11 is 0. The van der Waals surface area contributed by atoms with Crippen LogP contribution in [0.4, 0.5) is 11.4 Å². The number of anilines is 2. The van der Waals surface area contributed by atoms with Crippen molar-refractivity contribution in [2.75, 3.05) is 30.0 Å². The van der Waals surface area contributed by atoms with E-state index in [1.165, 1.54) is 4.90 Å². The Morgan fingerprint density at radius 3 is 2.07 bits per heavy atom. The molecule has 0 aliphatic carbocycles. The molecule has 1 amide bonds. The van der Waals surface area contributed by atoms with Gasteiger partial charge in [-0.05, 0) is 78.8 Å². The highest BCUT2D eigenvalue weighted by atomic mass is 16.5. The molecule has 0 saturated carbocycles. The molecule has 1 N–H and O–H groups in total. The van der Waals surface area contributed by atoms with Crippen LogP contribution in [-0.2, 0) is 15.0 Å². The van der Waals surface area contributed by atoms with Crippen LogP contribution in [0.2, 0.25) is 0 Å². The lowest BCUT2D eigenvalue weighted by Crippen LogP contribution is -2.29. The summed E-state index contributed by atoms with van der Waals surface area (Å²) in [6.45, 7) is 16.3. The fourth-order valence-electron chi connectivity index (χ4n) is 5.49. The normalized spacial score (nSPS) is 16.9. The summed E-state index contributed by atoms with van der Waals surface area (Å²) in [6, 6.07) is 20.2. The van der Waals surface area contributed by atoms with Crippen LogP contribution >= 0.6 is 0 Å². The molecule has 1 aliphatic rings. The topological polar surface area (TPSA) is 70.1 Å². The predicted molar refractivity (Wildman–Crippen MR) is 167 cm³/mol. The van der Waals surface area contributed by atoms with E-state index in [0.29, 0.717) is 22.9 Å². The molecule has 1 atom stereocenters. The standard InChI is InChI=1S/C35H42N2O4/c1-9-36(10-2)26-16-13-24(14-17-26)31-30(32(38)25-15-20-29(41-8)28(21-25)35(5,6)7)33(39)34(40)37(31)27-18-11-23(12-19-27)22(3)4/h11-22,31,38H,9-10H2,1-8H3/b32-30-. The molecule has 0 radical (unpaired) electrons. The Kier molecular flexibility index (Phi) is 8.62. The molecular formula is C35H42N2O4. The highest BCUT2D eigenvalue weighted by molar-refractivity contribution is 6.51. The van der Waals surface area contributed by atoms with Crippen molar-refractivity contribution >= 4 is 28.8 Å². The van der Waals surface area contributed by atoms with Gasteiger partial charge in [0.2, 0.25) is 0 Å². The number of hydrogen-bond donors (Lipinski definition) is 1. The first-order valence-corrected chi connectivity index (χ1v) is 14.4. The lowest BCUT2D eigenvalue weighted by molar-refractivity contribution is -0.132. The van der Waals surface area contributed by atoms with Crippen molar-refractivity contribution in [3.63, 3.8) is 0 Å². The fourth-order valence-corrected chi connectivity index (χ4v) is 5.49. The molecule has 4 rings (SSSR count). The molecule has 0 spiro atoms. The van der Waals surface area contributed by atoms with Crippen LogP contribution < -0.4 is 14.5 Å². The summed E-state index contributed by atoms with van der Waals surface area (Å²) in [5.41, 5.74) is 4.71. The van der Waals surface area contributed by atoms with Gasteiger partial charge >= 0.3 is 0 Å².